The van der Waals surface area contributed by atoms with Gasteiger partial charge in [0.2, 0.25) is 0 Å². The first-order valence-corrected chi connectivity index (χ1v) is 16.5. The predicted octanol–water partition coefficient (Wildman–Crippen LogP) is 9.57. The Morgan fingerprint density at radius 2 is 1.06 bits per heavy atom. The van der Waals surface area contributed by atoms with E-state index >= 15 is 0 Å². The van der Waals surface area contributed by atoms with Crippen LogP contribution < -0.4 is 28.7 Å². The van der Waals surface area contributed by atoms with Gasteiger partial charge in [0.05, 0.1) is 54.1 Å². The molecule has 262 valence electrons. The average molecular weight is 685 g/mol. The molecule has 0 spiro atoms. The first kappa shape index (κ1) is 36.1. The predicted molar refractivity (Wildman–Crippen MR) is 204 cm³/mol. The largest absolute Gasteiger partial charge is 0.501 e. The third kappa shape index (κ3) is 8.70. The minimum Gasteiger partial charge on any atom is -0.501 e. The van der Waals surface area contributed by atoms with Gasteiger partial charge in [0, 0.05) is 59.0 Å². The molecule has 4 aromatic rings. The Balaban J connectivity index is 1.45. The van der Waals surface area contributed by atoms with E-state index in [1.165, 1.54) is 0 Å². The lowest BCUT2D eigenvalue weighted by molar-refractivity contribution is 0.242. The summed E-state index contributed by atoms with van der Waals surface area (Å²) in [7, 11) is 10.0. The maximum absolute atomic E-state index is 5.98. The number of rotatable bonds is 16. The molecule has 0 aromatic heterocycles. The van der Waals surface area contributed by atoms with Gasteiger partial charge in [-0.1, -0.05) is 5.92 Å². The molecule has 1 atom stereocenters. The molecule has 0 radical (unpaired) electrons. The summed E-state index contributed by atoms with van der Waals surface area (Å²) in [6.45, 7) is 0. The normalized spacial score (nSPS) is 14.1. The van der Waals surface area contributed by atoms with Crippen molar-refractivity contribution in [1.82, 2.24) is 0 Å². The molecule has 0 bridgehead atoms. The number of ether oxygens (including phenoxy) is 6. The van der Waals surface area contributed by atoms with E-state index < -0.39 is 0 Å². The highest BCUT2D eigenvalue weighted by Gasteiger charge is 2.26. The van der Waals surface area contributed by atoms with Crippen LogP contribution in [0.5, 0.6) is 23.0 Å². The number of nitrogens with zero attached hydrogens (tertiary/aromatic N) is 2. The SMILES string of the molecule is C#C/C=C(\C=C(/CCC1C=C(N(c2ccc(OC)cc2)c2ccc(OC)cc2)C=C1OC)OC)N(c1ccc(OC)cc1)c1ccc(OC)cc1. The Morgan fingerprint density at radius 1 is 0.627 bits per heavy atom. The van der Waals surface area contributed by atoms with E-state index in [4.69, 9.17) is 34.8 Å². The summed E-state index contributed by atoms with van der Waals surface area (Å²) in [6, 6.07) is 31.6. The number of hydrogen-bond acceptors (Lipinski definition) is 8. The van der Waals surface area contributed by atoms with Crippen LogP contribution >= 0.6 is 0 Å². The van der Waals surface area contributed by atoms with Crippen LogP contribution in [0.4, 0.5) is 22.7 Å². The third-order valence-electron chi connectivity index (χ3n) is 8.61. The van der Waals surface area contributed by atoms with Crippen LogP contribution in [0.3, 0.4) is 0 Å². The molecule has 0 saturated carbocycles. The fourth-order valence-corrected chi connectivity index (χ4v) is 5.94. The van der Waals surface area contributed by atoms with Crippen molar-refractivity contribution >= 4 is 22.7 Å². The molecule has 8 heteroatoms. The van der Waals surface area contributed by atoms with E-state index in [1.807, 2.05) is 103 Å². The zero-order chi connectivity index (χ0) is 36.2. The van der Waals surface area contributed by atoms with Crippen LogP contribution in [0.25, 0.3) is 0 Å². The highest BCUT2D eigenvalue weighted by molar-refractivity contribution is 5.73. The Labute approximate surface area is 301 Å². The monoisotopic (exact) mass is 684 g/mol. The second-order valence-electron chi connectivity index (χ2n) is 11.5. The summed E-state index contributed by atoms with van der Waals surface area (Å²) in [5.41, 5.74) is 5.53. The number of anilines is 4. The lowest BCUT2D eigenvalue weighted by Gasteiger charge is -2.27. The van der Waals surface area contributed by atoms with Crippen molar-refractivity contribution < 1.29 is 28.4 Å². The lowest BCUT2D eigenvalue weighted by Crippen LogP contribution is -2.16. The molecule has 0 N–H and O–H groups in total. The smallest absolute Gasteiger partial charge is 0.119 e. The van der Waals surface area contributed by atoms with E-state index in [-0.39, 0.29) is 5.92 Å². The summed E-state index contributed by atoms with van der Waals surface area (Å²) in [6.07, 6.45) is 15.3. The van der Waals surface area contributed by atoms with Crippen LogP contribution in [0.2, 0.25) is 0 Å². The fourth-order valence-electron chi connectivity index (χ4n) is 5.94. The zero-order valence-electron chi connectivity index (χ0n) is 30.0. The quantitative estimate of drug-likeness (QED) is 0.0657. The second-order valence-corrected chi connectivity index (χ2v) is 11.5. The van der Waals surface area contributed by atoms with Gasteiger partial charge in [0.25, 0.3) is 0 Å². The van der Waals surface area contributed by atoms with Gasteiger partial charge in [-0.2, -0.15) is 0 Å². The molecule has 8 nitrogen and oxygen atoms in total. The molecule has 0 saturated heterocycles. The van der Waals surface area contributed by atoms with Crippen LogP contribution in [0.1, 0.15) is 12.8 Å². The maximum Gasteiger partial charge on any atom is 0.119 e. The van der Waals surface area contributed by atoms with Gasteiger partial charge >= 0.3 is 0 Å². The molecule has 1 aliphatic rings. The Hall–Kier alpha value is -6.20. The summed E-state index contributed by atoms with van der Waals surface area (Å²) < 4.78 is 33.6. The molecular formula is C43H44N2O6. The van der Waals surface area contributed by atoms with E-state index in [0.717, 1.165) is 75.1 Å². The number of terminal acetylenes is 1. The summed E-state index contributed by atoms with van der Waals surface area (Å²) >= 11 is 0. The molecule has 0 aliphatic heterocycles. The van der Waals surface area contributed by atoms with E-state index in [0.29, 0.717) is 6.42 Å². The number of allylic oxidation sites excluding steroid dienone is 5. The van der Waals surface area contributed by atoms with Crippen molar-refractivity contribution in [3.8, 4) is 35.3 Å². The van der Waals surface area contributed by atoms with Crippen molar-refractivity contribution in [3.05, 3.63) is 144 Å². The van der Waals surface area contributed by atoms with E-state index in [1.54, 1.807) is 48.7 Å². The Kier molecular flexibility index (Phi) is 12.4. The first-order valence-electron chi connectivity index (χ1n) is 16.5. The fraction of sp³-hybridized carbons (Fsp3) is 0.209. The van der Waals surface area contributed by atoms with E-state index in [2.05, 4.69) is 27.9 Å². The van der Waals surface area contributed by atoms with Gasteiger partial charge in [-0.25, -0.2) is 0 Å². The average Bonchev–Trinajstić information content (AvgIpc) is 3.60. The highest BCUT2D eigenvalue weighted by Crippen LogP contribution is 2.39. The topological polar surface area (TPSA) is 61.9 Å². The van der Waals surface area contributed by atoms with Gasteiger partial charge in [0.1, 0.15) is 28.8 Å². The molecule has 4 aromatic carbocycles. The van der Waals surface area contributed by atoms with Crippen molar-refractivity contribution in [1.29, 1.82) is 0 Å². The molecule has 0 amide bonds. The minimum atomic E-state index is 0.00175. The highest BCUT2D eigenvalue weighted by atomic mass is 16.5. The third-order valence-corrected chi connectivity index (χ3v) is 8.61. The van der Waals surface area contributed by atoms with Gasteiger partial charge in [-0.15, -0.1) is 6.42 Å². The van der Waals surface area contributed by atoms with Crippen LogP contribution in [-0.4, -0.2) is 42.7 Å². The summed E-state index contributed by atoms with van der Waals surface area (Å²) in [4.78, 5) is 4.27. The molecule has 1 unspecified atom stereocenters. The van der Waals surface area contributed by atoms with Gasteiger partial charge in [0.15, 0.2) is 0 Å². The lowest BCUT2D eigenvalue weighted by atomic mass is 10.0. The molecule has 0 fully saturated rings. The van der Waals surface area contributed by atoms with Crippen LogP contribution in [0.15, 0.2) is 144 Å². The number of benzene rings is 4. The van der Waals surface area contributed by atoms with Crippen molar-refractivity contribution in [2.45, 2.75) is 12.8 Å². The standard InChI is InChI=1S/C43H44N2O6/c1-8-9-36(44(32-11-20-38(46-2)21-12-32)33-13-22-39(47-3)23-14-33)29-42(50-6)19-10-31-28-37(30-43(31)51-7)45(34-15-24-40(48-4)25-16-34)35-17-26-41(49-5)27-18-35/h1,9,11-18,20-31H,10,19H2,2-7H3/b36-9+,42-29+. The molecule has 51 heavy (non-hydrogen) atoms. The van der Waals surface area contributed by atoms with Crippen molar-refractivity contribution in [2.75, 3.05) is 52.5 Å². The molecular weight excluding hydrogens is 640 g/mol. The number of methoxy groups -OCH3 is 6. The minimum absolute atomic E-state index is 0.00175. The summed E-state index contributed by atoms with van der Waals surface area (Å²) in [5.74, 6) is 7.45. The first-order chi connectivity index (χ1) is 24.9. The second kappa shape index (κ2) is 17.5. The van der Waals surface area contributed by atoms with Gasteiger partial charge < -0.3 is 38.2 Å². The Morgan fingerprint density at radius 3 is 1.43 bits per heavy atom. The molecule has 5 rings (SSSR count). The van der Waals surface area contributed by atoms with Crippen LogP contribution in [-0.2, 0) is 9.47 Å². The van der Waals surface area contributed by atoms with Crippen LogP contribution in [0, 0.1) is 18.3 Å². The van der Waals surface area contributed by atoms with Crippen molar-refractivity contribution in [3.63, 3.8) is 0 Å². The molecule has 0 heterocycles. The van der Waals surface area contributed by atoms with Crippen molar-refractivity contribution in [2.24, 2.45) is 5.92 Å². The Bertz CT molecular complexity index is 1810. The molecule has 1 aliphatic carbocycles. The van der Waals surface area contributed by atoms with E-state index in [9.17, 15) is 0 Å². The van der Waals surface area contributed by atoms with Gasteiger partial charge in [-0.3, -0.25) is 0 Å². The summed E-state index contributed by atoms with van der Waals surface area (Å²) in [5, 5.41) is 0. The zero-order valence-corrected chi connectivity index (χ0v) is 30.0. The maximum atomic E-state index is 5.98. The number of hydrogen-bond donors (Lipinski definition) is 0. The van der Waals surface area contributed by atoms with Gasteiger partial charge in [-0.05, 0) is 110 Å².